The molecule has 1 aliphatic rings. The number of rotatable bonds is 8. The maximum Gasteiger partial charge on any atom is 0.224 e. The van der Waals surface area contributed by atoms with E-state index in [2.05, 4.69) is 67.4 Å². The van der Waals surface area contributed by atoms with Gasteiger partial charge in [-0.1, -0.05) is 45.2 Å². The maximum atomic E-state index is 12.5. The number of benzene rings is 1. The van der Waals surface area contributed by atoms with Crippen molar-refractivity contribution in [1.29, 1.82) is 0 Å². The van der Waals surface area contributed by atoms with Crippen molar-refractivity contribution in [3.63, 3.8) is 0 Å². The number of amides is 1. The summed E-state index contributed by atoms with van der Waals surface area (Å²) in [6, 6.07) is 9.28. The van der Waals surface area contributed by atoms with Crippen LogP contribution in [0.5, 0.6) is 0 Å². The van der Waals surface area contributed by atoms with E-state index in [0.717, 1.165) is 29.1 Å². The van der Waals surface area contributed by atoms with Crippen molar-refractivity contribution in [1.82, 2.24) is 15.1 Å². The van der Waals surface area contributed by atoms with Gasteiger partial charge in [-0.05, 0) is 50.3 Å². The predicted octanol–water partition coefficient (Wildman–Crippen LogP) is 4.78. The van der Waals surface area contributed by atoms with Gasteiger partial charge in [-0.15, -0.1) is 0 Å². The van der Waals surface area contributed by atoms with E-state index in [-0.39, 0.29) is 5.91 Å². The summed E-state index contributed by atoms with van der Waals surface area (Å²) >= 11 is 0. The lowest BCUT2D eigenvalue weighted by molar-refractivity contribution is -0.120. The van der Waals surface area contributed by atoms with Gasteiger partial charge >= 0.3 is 0 Å². The molecule has 0 bridgehead atoms. The summed E-state index contributed by atoms with van der Waals surface area (Å²) in [6.07, 6.45) is 7.03. The van der Waals surface area contributed by atoms with E-state index in [9.17, 15) is 4.79 Å². The van der Waals surface area contributed by atoms with Crippen LogP contribution in [0.4, 0.5) is 5.69 Å². The molecule has 1 aliphatic carbocycles. The van der Waals surface area contributed by atoms with Crippen LogP contribution < -0.4 is 10.2 Å². The maximum absolute atomic E-state index is 12.5. The van der Waals surface area contributed by atoms with Gasteiger partial charge < -0.3 is 10.2 Å². The fourth-order valence-corrected chi connectivity index (χ4v) is 4.47. The van der Waals surface area contributed by atoms with Crippen molar-refractivity contribution in [2.75, 3.05) is 11.9 Å². The molecule has 3 rings (SSSR count). The summed E-state index contributed by atoms with van der Waals surface area (Å²) in [4.78, 5) is 15.0. The lowest BCUT2D eigenvalue weighted by Crippen LogP contribution is -2.33. The molecule has 2 aromatic rings. The van der Waals surface area contributed by atoms with Crippen LogP contribution in [0.2, 0.25) is 0 Å². The average molecular weight is 411 g/mol. The topological polar surface area (TPSA) is 50.2 Å². The fourth-order valence-electron chi connectivity index (χ4n) is 4.47. The van der Waals surface area contributed by atoms with Gasteiger partial charge in [0.2, 0.25) is 5.91 Å². The zero-order valence-electron chi connectivity index (χ0n) is 19.4. The first kappa shape index (κ1) is 22.4. The third-order valence-electron chi connectivity index (χ3n) is 6.36. The van der Waals surface area contributed by atoms with E-state index in [4.69, 9.17) is 0 Å². The monoisotopic (exact) mass is 410 g/mol. The molecule has 1 N–H and O–H groups in total. The van der Waals surface area contributed by atoms with Crippen molar-refractivity contribution in [2.45, 2.75) is 85.4 Å². The van der Waals surface area contributed by atoms with Crippen LogP contribution in [0.3, 0.4) is 0 Å². The molecular formula is C25H38N4O. The quantitative estimate of drug-likeness (QED) is 0.681. The molecule has 164 valence electrons. The Morgan fingerprint density at radius 1 is 1.17 bits per heavy atom. The molecule has 0 radical (unpaired) electrons. The lowest BCUT2D eigenvalue weighted by Gasteiger charge is -2.33. The molecular weight excluding hydrogens is 372 g/mol. The van der Waals surface area contributed by atoms with Crippen LogP contribution in [0, 0.1) is 19.8 Å². The SMILES string of the molecule is Cc1nn(CC(C)C)c(C)c1CC(=O)NCc1ccc(N(C)C2CCCCC2)cc1. The highest BCUT2D eigenvalue weighted by molar-refractivity contribution is 5.79. The van der Waals surface area contributed by atoms with Crippen LogP contribution in [-0.2, 0) is 24.3 Å². The van der Waals surface area contributed by atoms with E-state index in [1.165, 1.54) is 37.8 Å². The molecule has 1 heterocycles. The Bertz CT molecular complexity index is 832. The number of aryl methyl sites for hydroxylation is 1. The lowest BCUT2D eigenvalue weighted by atomic mass is 9.94. The van der Waals surface area contributed by atoms with E-state index < -0.39 is 0 Å². The molecule has 0 saturated heterocycles. The largest absolute Gasteiger partial charge is 0.372 e. The molecule has 5 nitrogen and oxygen atoms in total. The number of nitrogens with one attached hydrogen (secondary N) is 1. The van der Waals surface area contributed by atoms with Crippen LogP contribution in [-0.4, -0.2) is 28.8 Å². The van der Waals surface area contributed by atoms with Gasteiger partial charge in [0.1, 0.15) is 0 Å². The molecule has 0 unspecified atom stereocenters. The van der Waals surface area contributed by atoms with Crippen LogP contribution >= 0.6 is 0 Å². The van der Waals surface area contributed by atoms with Gasteiger partial charge in [0.05, 0.1) is 12.1 Å². The molecule has 1 fully saturated rings. The molecule has 1 aromatic heterocycles. The summed E-state index contributed by atoms with van der Waals surface area (Å²) < 4.78 is 2.03. The van der Waals surface area contributed by atoms with Crippen molar-refractivity contribution in [3.8, 4) is 0 Å². The Hall–Kier alpha value is -2.30. The Kier molecular flexibility index (Phi) is 7.57. The minimum Gasteiger partial charge on any atom is -0.372 e. The van der Waals surface area contributed by atoms with Crippen LogP contribution in [0.1, 0.15) is 68.5 Å². The summed E-state index contributed by atoms with van der Waals surface area (Å²) in [6.45, 7) is 9.86. The fraction of sp³-hybridized carbons (Fsp3) is 0.600. The summed E-state index contributed by atoms with van der Waals surface area (Å²) in [5.41, 5.74) is 5.51. The minimum absolute atomic E-state index is 0.0497. The first-order valence-electron chi connectivity index (χ1n) is 11.5. The predicted molar refractivity (Wildman–Crippen MR) is 124 cm³/mol. The second kappa shape index (κ2) is 10.1. The van der Waals surface area contributed by atoms with Gasteiger partial charge in [-0.25, -0.2) is 0 Å². The number of anilines is 1. The Balaban J connectivity index is 1.53. The molecule has 1 amide bonds. The third kappa shape index (κ3) is 5.65. The Morgan fingerprint density at radius 3 is 2.47 bits per heavy atom. The summed E-state index contributed by atoms with van der Waals surface area (Å²) in [5, 5.41) is 7.69. The smallest absolute Gasteiger partial charge is 0.224 e. The summed E-state index contributed by atoms with van der Waals surface area (Å²) in [7, 11) is 2.21. The van der Waals surface area contributed by atoms with E-state index in [0.29, 0.717) is 24.9 Å². The van der Waals surface area contributed by atoms with Crippen LogP contribution in [0.25, 0.3) is 0 Å². The van der Waals surface area contributed by atoms with Crippen molar-refractivity contribution < 1.29 is 4.79 Å². The van der Waals surface area contributed by atoms with Crippen molar-refractivity contribution in [3.05, 3.63) is 46.8 Å². The number of hydrogen-bond acceptors (Lipinski definition) is 3. The summed E-state index contributed by atoms with van der Waals surface area (Å²) in [5.74, 6) is 0.582. The highest BCUT2D eigenvalue weighted by atomic mass is 16.1. The highest BCUT2D eigenvalue weighted by Crippen LogP contribution is 2.26. The van der Waals surface area contributed by atoms with E-state index in [1.54, 1.807) is 0 Å². The van der Waals surface area contributed by atoms with Gasteiger partial charge in [-0.2, -0.15) is 5.10 Å². The Labute approximate surface area is 181 Å². The van der Waals surface area contributed by atoms with Gasteiger partial charge in [0.25, 0.3) is 0 Å². The highest BCUT2D eigenvalue weighted by Gasteiger charge is 2.18. The van der Waals surface area contributed by atoms with E-state index >= 15 is 0 Å². The van der Waals surface area contributed by atoms with Gasteiger partial charge in [0, 0.05) is 43.1 Å². The first-order valence-corrected chi connectivity index (χ1v) is 11.5. The molecule has 5 heteroatoms. The molecule has 0 atom stereocenters. The van der Waals surface area contributed by atoms with Crippen LogP contribution in [0.15, 0.2) is 24.3 Å². The van der Waals surface area contributed by atoms with Gasteiger partial charge in [-0.3, -0.25) is 9.48 Å². The second-order valence-corrected chi connectivity index (χ2v) is 9.25. The molecule has 1 saturated carbocycles. The zero-order chi connectivity index (χ0) is 21.7. The number of nitrogens with zero attached hydrogens (tertiary/aromatic N) is 3. The minimum atomic E-state index is 0.0497. The number of hydrogen-bond donors (Lipinski definition) is 1. The molecule has 1 aromatic carbocycles. The van der Waals surface area contributed by atoms with Gasteiger partial charge in [0.15, 0.2) is 0 Å². The number of carbonyl (C=O) groups is 1. The standard InChI is InChI=1S/C25H38N4O/c1-18(2)17-29-20(4)24(19(3)27-29)15-25(30)26-16-21-11-13-23(14-12-21)28(5)22-9-7-6-8-10-22/h11-14,18,22H,6-10,15-17H2,1-5H3,(H,26,30). The number of carbonyl (C=O) groups excluding carboxylic acids is 1. The van der Waals surface area contributed by atoms with Crippen molar-refractivity contribution in [2.24, 2.45) is 5.92 Å². The second-order valence-electron chi connectivity index (χ2n) is 9.25. The molecule has 0 aliphatic heterocycles. The molecule has 0 spiro atoms. The normalized spacial score (nSPS) is 14.9. The van der Waals surface area contributed by atoms with Crippen molar-refractivity contribution >= 4 is 11.6 Å². The average Bonchev–Trinajstić information content (AvgIpc) is 2.99. The zero-order valence-corrected chi connectivity index (χ0v) is 19.4. The molecule has 30 heavy (non-hydrogen) atoms. The Morgan fingerprint density at radius 2 is 1.83 bits per heavy atom. The first-order chi connectivity index (χ1) is 14.3. The van der Waals surface area contributed by atoms with E-state index in [1.807, 2.05) is 11.6 Å². The third-order valence-corrected chi connectivity index (χ3v) is 6.36. The number of aromatic nitrogens is 2.